The number of benzene rings is 1. The average molecular weight is 319 g/mol. The van der Waals surface area contributed by atoms with E-state index in [4.69, 9.17) is 11.6 Å². The zero-order valence-electron chi connectivity index (χ0n) is 10.8. The highest BCUT2D eigenvalue weighted by Gasteiger charge is 2.36. The molecule has 0 atom stereocenters. The fraction of sp³-hybridized carbons (Fsp3) is 0.231. The van der Waals surface area contributed by atoms with Crippen LogP contribution < -0.4 is 0 Å². The molecule has 0 radical (unpaired) electrons. The van der Waals surface area contributed by atoms with E-state index in [1.807, 2.05) is 0 Å². The number of aromatic nitrogens is 2. The zero-order chi connectivity index (χ0) is 15.6. The minimum absolute atomic E-state index is 0.0267. The van der Waals surface area contributed by atoms with Gasteiger partial charge in [0.05, 0.1) is 13.7 Å². The second-order valence-electron chi connectivity index (χ2n) is 4.19. The molecule has 0 bridgehead atoms. The van der Waals surface area contributed by atoms with E-state index < -0.39 is 17.8 Å². The van der Waals surface area contributed by atoms with Crippen LogP contribution in [-0.2, 0) is 17.5 Å². The largest absolute Gasteiger partial charge is 0.464 e. The number of esters is 1. The van der Waals surface area contributed by atoms with Gasteiger partial charge in [0.2, 0.25) is 0 Å². The highest BCUT2D eigenvalue weighted by Crippen LogP contribution is 2.29. The van der Waals surface area contributed by atoms with Gasteiger partial charge in [0.15, 0.2) is 5.69 Å². The maximum atomic E-state index is 12.7. The molecular weight excluding hydrogens is 309 g/mol. The van der Waals surface area contributed by atoms with Crippen molar-refractivity contribution in [2.24, 2.45) is 0 Å². The monoisotopic (exact) mass is 318 g/mol. The van der Waals surface area contributed by atoms with Crippen molar-refractivity contribution < 1.29 is 22.7 Å². The molecule has 0 aliphatic carbocycles. The van der Waals surface area contributed by atoms with Crippen molar-refractivity contribution in [2.75, 3.05) is 7.11 Å². The summed E-state index contributed by atoms with van der Waals surface area (Å²) in [7, 11) is 1.09. The zero-order valence-corrected chi connectivity index (χ0v) is 11.6. The maximum Gasteiger partial charge on any atom is 0.435 e. The molecule has 0 saturated heterocycles. The number of methoxy groups -OCH3 is 1. The molecule has 1 aromatic heterocycles. The summed E-state index contributed by atoms with van der Waals surface area (Å²) in [6, 6.07) is 7.20. The van der Waals surface area contributed by atoms with Gasteiger partial charge >= 0.3 is 12.1 Å². The van der Waals surface area contributed by atoms with E-state index in [0.717, 1.165) is 11.8 Å². The van der Waals surface area contributed by atoms with E-state index in [2.05, 4.69) is 9.84 Å². The molecule has 0 saturated carbocycles. The maximum absolute atomic E-state index is 12.7. The first-order valence-electron chi connectivity index (χ1n) is 5.79. The normalized spacial score (nSPS) is 11.5. The van der Waals surface area contributed by atoms with E-state index in [-0.39, 0.29) is 12.2 Å². The highest BCUT2D eigenvalue weighted by molar-refractivity contribution is 6.30. The summed E-state index contributed by atoms with van der Waals surface area (Å²) in [4.78, 5) is 11.6. The molecule has 0 aliphatic heterocycles. The first-order valence-corrected chi connectivity index (χ1v) is 6.17. The van der Waals surface area contributed by atoms with Crippen LogP contribution in [0, 0.1) is 0 Å². The lowest BCUT2D eigenvalue weighted by Gasteiger charge is -2.06. The molecule has 112 valence electrons. The Morgan fingerprint density at radius 3 is 2.67 bits per heavy atom. The van der Waals surface area contributed by atoms with E-state index in [1.54, 1.807) is 24.3 Å². The van der Waals surface area contributed by atoms with Crippen molar-refractivity contribution in [1.29, 1.82) is 0 Å². The molecule has 0 amide bonds. The Balaban J connectivity index is 2.41. The van der Waals surface area contributed by atoms with Gasteiger partial charge in [0.25, 0.3) is 0 Å². The molecule has 4 nitrogen and oxygen atoms in total. The van der Waals surface area contributed by atoms with E-state index in [1.165, 1.54) is 0 Å². The van der Waals surface area contributed by atoms with Crippen molar-refractivity contribution in [3.63, 3.8) is 0 Å². The van der Waals surface area contributed by atoms with Crippen LogP contribution in [0.5, 0.6) is 0 Å². The van der Waals surface area contributed by atoms with Crippen molar-refractivity contribution in [2.45, 2.75) is 12.7 Å². The standard InChI is InChI=1S/C13H10ClF3N2O2/c1-21-12(20)10-6-11(13(15,16)17)18-19(10)7-8-3-2-4-9(14)5-8/h2-6H,7H2,1H3. The molecule has 8 heteroatoms. The van der Waals surface area contributed by atoms with Gasteiger partial charge in [-0.25, -0.2) is 4.79 Å². The van der Waals surface area contributed by atoms with Gasteiger partial charge in [-0.3, -0.25) is 4.68 Å². The van der Waals surface area contributed by atoms with E-state index in [9.17, 15) is 18.0 Å². The van der Waals surface area contributed by atoms with Gasteiger partial charge in [-0.05, 0) is 17.7 Å². The lowest BCUT2D eigenvalue weighted by molar-refractivity contribution is -0.141. The molecule has 21 heavy (non-hydrogen) atoms. The van der Waals surface area contributed by atoms with Gasteiger partial charge in [0, 0.05) is 11.1 Å². The predicted molar refractivity (Wildman–Crippen MR) is 69.1 cm³/mol. The van der Waals surface area contributed by atoms with Crippen LogP contribution >= 0.6 is 11.6 Å². The van der Waals surface area contributed by atoms with Crippen LogP contribution in [0.4, 0.5) is 13.2 Å². The lowest BCUT2D eigenvalue weighted by Crippen LogP contribution is -2.13. The Hall–Kier alpha value is -2.02. The van der Waals surface area contributed by atoms with Crippen molar-refractivity contribution in [1.82, 2.24) is 9.78 Å². The Kier molecular flexibility index (Phi) is 4.22. The number of rotatable bonds is 3. The number of hydrogen-bond acceptors (Lipinski definition) is 3. The predicted octanol–water partition coefficient (Wildman–Crippen LogP) is 3.39. The molecule has 1 heterocycles. The summed E-state index contributed by atoms with van der Waals surface area (Å²) in [6.07, 6.45) is -4.64. The van der Waals surface area contributed by atoms with Gasteiger partial charge in [0.1, 0.15) is 5.69 Å². The first-order chi connectivity index (χ1) is 9.81. The van der Waals surface area contributed by atoms with Crippen molar-refractivity contribution in [3.05, 3.63) is 52.3 Å². The van der Waals surface area contributed by atoms with Crippen LogP contribution in [0.2, 0.25) is 5.02 Å². The van der Waals surface area contributed by atoms with Gasteiger partial charge < -0.3 is 4.74 Å². The molecular formula is C13H10ClF3N2O2. The lowest BCUT2D eigenvalue weighted by atomic mass is 10.2. The number of halogens is 4. The number of carbonyl (C=O) groups excluding carboxylic acids is 1. The summed E-state index contributed by atoms with van der Waals surface area (Å²) in [6.45, 7) is -0.0267. The summed E-state index contributed by atoms with van der Waals surface area (Å²) < 4.78 is 43.5. The van der Waals surface area contributed by atoms with Crippen molar-refractivity contribution >= 4 is 17.6 Å². The number of carbonyl (C=O) groups is 1. The molecule has 0 N–H and O–H groups in total. The van der Waals surface area contributed by atoms with Gasteiger partial charge in [-0.1, -0.05) is 23.7 Å². The molecule has 2 rings (SSSR count). The summed E-state index contributed by atoms with van der Waals surface area (Å²) in [5, 5.41) is 3.86. The quantitative estimate of drug-likeness (QED) is 0.815. The summed E-state index contributed by atoms with van der Waals surface area (Å²) >= 11 is 5.82. The first kappa shape index (κ1) is 15.4. The third-order valence-corrected chi connectivity index (χ3v) is 2.92. The molecule has 2 aromatic rings. The SMILES string of the molecule is COC(=O)c1cc(C(F)(F)F)nn1Cc1cccc(Cl)c1. The van der Waals surface area contributed by atoms with Crippen LogP contribution in [0.25, 0.3) is 0 Å². The molecule has 0 aliphatic rings. The smallest absolute Gasteiger partial charge is 0.435 e. The molecule has 0 spiro atoms. The minimum atomic E-state index is -4.64. The third kappa shape index (κ3) is 3.55. The number of alkyl halides is 3. The second kappa shape index (κ2) is 5.77. The van der Waals surface area contributed by atoms with E-state index >= 15 is 0 Å². The van der Waals surface area contributed by atoms with Gasteiger partial charge in [-0.2, -0.15) is 18.3 Å². The Bertz CT molecular complexity index is 668. The summed E-state index contributed by atoms with van der Waals surface area (Å²) in [5.41, 5.74) is -0.806. The van der Waals surface area contributed by atoms with Crippen LogP contribution in [0.15, 0.2) is 30.3 Å². The molecule has 0 fully saturated rings. The Labute approximate surface area is 123 Å². The summed E-state index contributed by atoms with van der Waals surface area (Å²) in [5.74, 6) is -0.889. The number of nitrogens with zero attached hydrogens (tertiary/aromatic N) is 2. The molecule has 1 aromatic carbocycles. The van der Waals surface area contributed by atoms with E-state index in [0.29, 0.717) is 16.7 Å². The fourth-order valence-electron chi connectivity index (χ4n) is 1.75. The average Bonchev–Trinajstić information content (AvgIpc) is 2.82. The second-order valence-corrected chi connectivity index (χ2v) is 4.63. The number of ether oxygens (including phenoxy) is 1. The van der Waals surface area contributed by atoms with Crippen LogP contribution in [0.3, 0.4) is 0 Å². The minimum Gasteiger partial charge on any atom is -0.464 e. The fourth-order valence-corrected chi connectivity index (χ4v) is 1.97. The third-order valence-electron chi connectivity index (χ3n) is 2.69. The molecule has 0 unspecified atom stereocenters. The van der Waals surface area contributed by atoms with Crippen LogP contribution in [-0.4, -0.2) is 22.9 Å². The highest BCUT2D eigenvalue weighted by atomic mass is 35.5. The van der Waals surface area contributed by atoms with Crippen LogP contribution in [0.1, 0.15) is 21.7 Å². The Morgan fingerprint density at radius 1 is 1.38 bits per heavy atom. The topological polar surface area (TPSA) is 44.1 Å². The number of hydrogen-bond donors (Lipinski definition) is 0. The van der Waals surface area contributed by atoms with Gasteiger partial charge in [-0.15, -0.1) is 0 Å². The van der Waals surface area contributed by atoms with Crippen molar-refractivity contribution in [3.8, 4) is 0 Å². The Morgan fingerprint density at radius 2 is 2.10 bits per heavy atom.